The van der Waals surface area contributed by atoms with Gasteiger partial charge in [-0.3, -0.25) is 9.69 Å². The topological polar surface area (TPSA) is 71.0 Å². The molecule has 0 radical (unpaired) electrons. The SMILES string of the molecule is CC1c2cc3c(cc2C2(CCCC2)CN1CC(=O)N1CCN(c2ncccn2)CC1)OCCO3. The van der Waals surface area contributed by atoms with Crippen LogP contribution in [0.15, 0.2) is 30.6 Å². The summed E-state index contributed by atoms with van der Waals surface area (Å²) in [7, 11) is 0. The van der Waals surface area contributed by atoms with Crippen molar-refractivity contribution in [3.8, 4) is 11.5 Å². The predicted molar refractivity (Wildman–Crippen MR) is 128 cm³/mol. The molecular weight excluding hydrogens is 430 g/mol. The number of piperazine rings is 1. The second kappa shape index (κ2) is 8.73. The maximum Gasteiger partial charge on any atom is 0.236 e. The molecule has 6 rings (SSSR count). The summed E-state index contributed by atoms with van der Waals surface area (Å²) in [4.78, 5) is 28.7. The average molecular weight is 464 g/mol. The zero-order valence-corrected chi connectivity index (χ0v) is 19.9. The lowest BCUT2D eigenvalue weighted by atomic mass is 9.71. The number of ether oxygens (including phenoxy) is 2. The number of carbonyl (C=O) groups excluding carboxylic acids is 1. The summed E-state index contributed by atoms with van der Waals surface area (Å²) in [6.45, 7) is 7.77. The summed E-state index contributed by atoms with van der Waals surface area (Å²) in [5.41, 5.74) is 2.83. The van der Waals surface area contributed by atoms with Crippen molar-refractivity contribution in [2.75, 3.05) is 57.4 Å². The Labute approximate surface area is 200 Å². The normalized spacial score (nSPS) is 23.7. The zero-order chi connectivity index (χ0) is 23.1. The highest BCUT2D eigenvalue weighted by Crippen LogP contribution is 2.51. The molecule has 34 heavy (non-hydrogen) atoms. The molecule has 0 bridgehead atoms. The summed E-state index contributed by atoms with van der Waals surface area (Å²) < 4.78 is 11.8. The Kier molecular flexibility index (Phi) is 5.56. The molecular formula is C26H33N5O3. The number of aromatic nitrogens is 2. The van der Waals surface area contributed by atoms with Crippen molar-refractivity contribution >= 4 is 11.9 Å². The van der Waals surface area contributed by atoms with Gasteiger partial charge in [-0.15, -0.1) is 0 Å². The molecule has 4 aliphatic rings. The average Bonchev–Trinajstić information content (AvgIpc) is 3.36. The van der Waals surface area contributed by atoms with Gasteiger partial charge in [-0.1, -0.05) is 12.8 Å². The van der Waals surface area contributed by atoms with Crippen molar-refractivity contribution < 1.29 is 14.3 Å². The van der Waals surface area contributed by atoms with Gasteiger partial charge in [0.05, 0.1) is 6.54 Å². The third-order valence-corrected chi connectivity index (χ3v) is 8.16. The van der Waals surface area contributed by atoms with Gasteiger partial charge < -0.3 is 19.3 Å². The van der Waals surface area contributed by atoms with Crippen molar-refractivity contribution in [3.05, 3.63) is 41.7 Å². The van der Waals surface area contributed by atoms with Gasteiger partial charge in [0.25, 0.3) is 0 Å². The molecule has 1 aliphatic carbocycles. The van der Waals surface area contributed by atoms with E-state index in [1.54, 1.807) is 12.4 Å². The van der Waals surface area contributed by atoms with Crippen LogP contribution in [0.2, 0.25) is 0 Å². The summed E-state index contributed by atoms with van der Waals surface area (Å²) >= 11 is 0. The van der Waals surface area contributed by atoms with E-state index in [4.69, 9.17) is 9.47 Å². The second-order valence-corrected chi connectivity index (χ2v) is 10.1. The number of carbonyl (C=O) groups is 1. The van der Waals surface area contributed by atoms with Gasteiger partial charge in [0.15, 0.2) is 11.5 Å². The van der Waals surface area contributed by atoms with E-state index in [0.29, 0.717) is 32.8 Å². The summed E-state index contributed by atoms with van der Waals surface area (Å²) in [5, 5.41) is 0. The molecule has 1 spiro atoms. The van der Waals surface area contributed by atoms with Crippen LogP contribution in [0.1, 0.15) is 49.8 Å². The quantitative estimate of drug-likeness (QED) is 0.693. The third kappa shape index (κ3) is 3.78. The lowest BCUT2D eigenvalue weighted by molar-refractivity contribution is -0.133. The minimum absolute atomic E-state index is 0.112. The smallest absolute Gasteiger partial charge is 0.236 e. The molecule has 1 unspecified atom stereocenters. The molecule has 0 N–H and O–H groups in total. The van der Waals surface area contributed by atoms with Crippen molar-refractivity contribution in [2.45, 2.75) is 44.1 Å². The van der Waals surface area contributed by atoms with Crippen molar-refractivity contribution in [3.63, 3.8) is 0 Å². The monoisotopic (exact) mass is 463 g/mol. The summed E-state index contributed by atoms with van der Waals surface area (Å²) in [6.07, 6.45) is 8.37. The van der Waals surface area contributed by atoms with Crippen LogP contribution >= 0.6 is 0 Å². The zero-order valence-electron chi connectivity index (χ0n) is 19.9. The molecule has 3 aliphatic heterocycles. The first-order chi connectivity index (χ1) is 16.6. The van der Waals surface area contributed by atoms with Crippen molar-refractivity contribution in [1.29, 1.82) is 0 Å². The van der Waals surface area contributed by atoms with Crippen molar-refractivity contribution in [2.24, 2.45) is 0 Å². The first-order valence-electron chi connectivity index (χ1n) is 12.6. The Morgan fingerprint density at radius 2 is 1.71 bits per heavy atom. The van der Waals surface area contributed by atoms with Gasteiger partial charge in [-0.25, -0.2) is 9.97 Å². The lowest BCUT2D eigenvalue weighted by Gasteiger charge is -2.46. The van der Waals surface area contributed by atoms with E-state index < -0.39 is 0 Å². The van der Waals surface area contributed by atoms with E-state index in [2.05, 4.69) is 38.8 Å². The number of benzene rings is 1. The predicted octanol–water partition coefficient (Wildman–Crippen LogP) is 2.79. The Hall–Kier alpha value is -2.87. The Morgan fingerprint density at radius 1 is 1.03 bits per heavy atom. The Bertz CT molecular complexity index is 1050. The van der Waals surface area contributed by atoms with Crippen LogP contribution in [0.3, 0.4) is 0 Å². The molecule has 4 heterocycles. The Balaban J connectivity index is 1.19. The Morgan fingerprint density at radius 3 is 2.41 bits per heavy atom. The number of fused-ring (bicyclic) bond motifs is 3. The molecule has 2 aromatic rings. The maximum atomic E-state index is 13.4. The van der Waals surface area contributed by atoms with E-state index in [1.807, 2.05) is 11.0 Å². The fourth-order valence-electron chi connectivity index (χ4n) is 6.27. The van der Waals surface area contributed by atoms with Gasteiger partial charge in [-0.05, 0) is 49.1 Å². The van der Waals surface area contributed by atoms with Gasteiger partial charge in [-0.2, -0.15) is 0 Å². The largest absolute Gasteiger partial charge is 0.486 e. The summed E-state index contributed by atoms with van der Waals surface area (Å²) in [5.74, 6) is 2.69. The van der Waals surface area contributed by atoms with Crippen LogP contribution in [-0.4, -0.2) is 78.2 Å². The fourth-order valence-corrected chi connectivity index (χ4v) is 6.27. The van der Waals surface area contributed by atoms with E-state index in [1.165, 1.54) is 36.8 Å². The molecule has 8 heteroatoms. The van der Waals surface area contributed by atoms with E-state index >= 15 is 0 Å². The van der Waals surface area contributed by atoms with Gasteiger partial charge >= 0.3 is 0 Å². The first kappa shape index (κ1) is 21.6. The number of anilines is 1. The van der Waals surface area contributed by atoms with Gasteiger partial charge in [0.2, 0.25) is 11.9 Å². The molecule has 180 valence electrons. The third-order valence-electron chi connectivity index (χ3n) is 8.16. The minimum Gasteiger partial charge on any atom is -0.486 e. The molecule has 1 saturated carbocycles. The highest BCUT2D eigenvalue weighted by atomic mass is 16.6. The van der Waals surface area contributed by atoms with Crippen LogP contribution < -0.4 is 14.4 Å². The highest BCUT2D eigenvalue weighted by Gasteiger charge is 2.45. The molecule has 8 nitrogen and oxygen atoms in total. The molecule has 1 aromatic heterocycles. The number of hydrogen-bond donors (Lipinski definition) is 0. The van der Waals surface area contributed by atoms with E-state index in [-0.39, 0.29) is 17.4 Å². The highest BCUT2D eigenvalue weighted by molar-refractivity contribution is 5.78. The maximum absolute atomic E-state index is 13.4. The minimum atomic E-state index is 0.112. The molecule has 1 amide bonds. The van der Waals surface area contributed by atoms with E-state index in [9.17, 15) is 4.79 Å². The first-order valence-corrected chi connectivity index (χ1v) is 12.6. The number of hydrogen-bond acceptors (Lipinski definition) is 7. The van der Waals surface area contributed by atoms with Gasteiger partial charge in [0.1, 0.15) is 13.2 Å². The van der Waals surface area contributed by atoms with Crippen LogP contribution in [0.4, 0.5) is 5.95 Å². The fraction of sp³-hybridized carbons (Fsp3) is 0.577. The van der Waals surface area contributed by atoms with Crippen LogP contribution in [0.25, 0.3) is 0 Å². The molecule has 1 saturated heterocycles. The summed E-state index contributed by atoms with van der Waals surface area (Å²) in [6, 6.07) is 6.42. The van der Waals surface area contributed by atoms with E-state index in [0.717, 1.165) is 37.1 Å². The van der Waals surface area contributed by atoms with Crippen molar-refractivity contribution in [1.82, 2.24) is 19.8 Å². The molecule has 1 aromatic carbocycles. The second-order valence-electron chi connectivity index (χ2n) is 10.1. The van der Waals surface area contributed by atoms with Gasteiger partial charge in [0, 0.05) is 56.6 Å². The standard InChI is InChI=1S/C26H33N5O3/c1-19-20-15-22-23(34-14-13-33-22)16-21(20)26(5-2-3-6-26)18-31(19)17-24(32)29-9-11-30(12-10-29)25-27-7-4-8-28-25/h4,7-8,15-16,19H,2-3,5-6,9-14,17-18H2,1H3. The number of nitrogens with zero attached hydrogens (tertiary/aromatic N) is 5. The molecule has 2 fully saturated rings. The van der Waals surface area contributed by atoms with Crippen LogP contribution in [-0.2, 0) is 10.2 Å². The lowest BCUT2D eigenvalue weighted by Crippen LogP contribution is -2.54. The van der Waals surface area contributed by atoms with Crippen LogP contribution in [0, 0.1) is 0 Å². The number of amides is 1. The molecule has 1 atom stereocenters. The van der Waals surface area contributed by atoms with Crippen LogP contribution in [0.5, 0.6) is 11.5 Å². The number of rotatable bonds is 3.